The lowest BCUT2D eigenvalue weighted by Crippen LogP contribution is -2.39. The minimum Gasteiger partial charge on any atom is -0.314 e. The molecule has 0 radical (unpaired) electrons. The molecule has 1 saturated carbocycles. The first-order chi connectivity index (χ1) is 9.63. The Bertz CT molecular complexity index is 285. The zero-order chi connectivity index (χ0) is 16.1. The van der Waals surface area contributed by atoms with Crippen LogP contribution < -0.4 is 5.32 Å². The zero-order valence-electron chi connectivity index (χ0n) is 14.0. The van der Waals surface area contributed by atoms with E-state index in [0.29, 0.717) is 17.8 Å². The molecule has 4 heteroatoms. The van der Waals surface area contributed by atoms with Gasteiger partial charge in [0.05, 0.1) is 0 Å². The van der Waals surface area contributed by atoms with E-state index in [1.54, 1.807) is 0 Å². The van der Waals surface area contributed by atoms with Gasteiger partial charge in [-0.3, -0.25) is 0 Å². The standard InChI is InChI=1S/C17H32F3N/c1-5-21-15(7-6-12-17(18,19)20)13-8-10-14(11-9-13)16(2,3)4/h13-15,21H,5-12H2,1-4H3. The van der Waals surface area contributed by atoms with Crippen molar-refractivity contribution >= 4 is 0 Å². The summed E-state index contributed by atoms with van der Waals surface area (Å²) in [7, 11) is 0. The van der Waals surface area contributed by atoms with E-state index in [9.17, 15) is 13.2 Å². The molecule has 21 heavy (non-hydrogen) atoms. The van der Waals surface area contributed by atoms with E-state index in [-0.39, 0.29) is 12.5 Å². The highest BCUT2D eigenvalue weighted by molar-refractivity contribution is 4.85. The Kier molecular flexibility index (Phi) is 7.02. The zero-order valence-corrected chi connectivity index (χ0v) is 14.0. The number of hydrogen-bond acceptors (Lipinski definition) is 1. The molecule has 0 spiro atoms. The highest BCUT2D eigenvalue weighted by atomic mass is 19.4. The number of rotatable bonds is 6. The highest BCUT2D eigenvalue weighted by Crippen LogP contribution is 2.41. The molecule has 0 aromatic carbocycles. The number of hydrogen-bond donors (Lipinski definition) is 1. The second kappa shape index (κ2) is 7.85. The van der Waals surface area contributed by atoms with Gasteiger partial charge in [-0.1, -0.05) is 27.7 Å². The third-order valence-corrected chi connectivity index (χ3v) is 5.01. The van der Waals surface area contributed by atoms with Crippen LogP contribution in [0.4, 0.5) is 13.2 Å². The predicted octanol–water partition coefficient (Wildman–Crippen LogP) is 5.55. The first-order valence-corrected chi connectivity index (χ1v) is 8.43. The van der Waals surface area contributed by atoms with Crippen LogP contribution in [0.25, 0.3) is 0 Å². The molecule has 1 N–H and O–H groups in total. The summed E-state index contributed by atoms with van der Waals surface area (Å²) in [6.07, 6.45) is 0.993. The average molecular weight is 307 g/mol. The Labute approximate surface area is 128 Å². The Morgan fingerprint density at radius 1 is 1.05 bits per heavy atom. The molecule has 0 aromatic heterocycles. The summed E-state index contributed by atoms with van der Waals surface area (Å²) in [5, 5.41) is 3.42. The van der Waals surface area contributed by atoms with Crippen molar-refractivity contribution in [3.63, 3.8) is 0 Å². The van der Waals surface area contributed by atoms with Gasteiger partial charge in [0.2, 0.25) is 0 Å². The van der Waals surface area contributed by atoms with Gasteiger partial charge >= 0.3 is 6.18 Å². The average Bonchev–Trinajstić information content (AvgIpc) is 2.35. The second-order valence-electron chi connectivity index (χ2n) is 7.65. The molecule has 1 unspecified atom stereocenters. The van der Waals surface area contributed by atoms with E-state index in [4.69, 9.17) is 0 Å². The van der Waals surface area contributed by atoms with Crippen LogP contribution in [0.1, 0.15) is 72.6 Å². The Morgan fingerprint density at radius 3 is 2.05 bits per heavy atom. The topological polar surface area (TPSA) is 12.0 Å². The molecule has 0 heterocycles. The van der Waals surface area contributed by atoms with E-state index in [0.717, 1.165) is 25.3 Å². The lowest BCUT2D eigenvalue weighted by Gasteiger charge is -2.39. The molecular formula is C17H32F3N. The van der Waals surface area contributed by atoms with E-state index >= 15 is 0 Å². The van der Waals surface area contributed by atoms with Crippen molar-refractivity contribution < 1.29 is 13.2 Å². The van der Waals surface area contributed by atoms with Crippen LogP contribution in [0.15, 0.2) is 0 Å². The maximum atomic E-state index is 12.3. The Balaban J connectivity index is 2.43. The molecule has 0 aliphatic heterocycles. The first kappa shape index (κ1) is 18.8. The van der Waals surface area contributed by atoms with Crippen LogP contribution >= 0.6 is 0 Å². The van der Waals surface area contributed by atoms with E-state index in [1.165, 1.54) is 12.8 Å². The summed E-state index contributed by atoms with van der Waals surface area (Å²) < 4.78 is 36.9. The van der Waals surface area contributed by atoms with Gasteiger partial charge in [0.1, 0.15) is 0 Å². The molecule has 0 aromatic rings. The molecule has 1 nitrogen and oxygen atoms in total. The van der Waals surface area contributed by atoms with Crippen molar-refractivity contribution in [3.8, 4) is 0 Å². The first-order valence-electron chi connectivity index (χ1n) is 8.43. The van der Waals surface area contributed by atoms with Crippen LogP contribution in [0.3, 0.4) is 0 Å². The maximum Gasteiger partial charge on any atom is 0.389 e. The van der Waals surface area contributed by atoms with Crippen molar-refractivity contribution in [2.75, 3.05) is 6.54 Å². The fourth-order valence-electron chi connectivity index (χ4n) is 3.68. The number of halogens is 3. The van der Waals surface area contributed by atoms with E-state index in [1.807, 2.05) is 6.92 Å². The van der Waals surface area contributed by atoms with Gasteiger partial charge in [0.15, 0.2) is 0 Å². The van der Waals surface area contributed by atoms with Gasteiger partial charge < -0.3 is 5.32 Å². The third-order valence-electron chi connectivity index (χ3n) is 5.01. The minimum atomic E-state index is -4.01. The van der Waals surface area contributed by atoms with Crippen LogP contribution in [0.5, 0.6) is 0 Å². The Hall–Kier alpha value is -0.250. The normalized spacial score (nSPS) is 25.9. The van der Waals surface area contributed by atoms with Gasteiger partial charge in [-0.2, -0.15) is 13.2 Å². The van der Waals surface area contributed by atoms with Gasteiger partial charge in [0, 0.05) is 12.5 Å². The summed E-state index contributed by atoms with van der Waals surface area (Å²) in [6.45, 7) is 9.77. The van der Waals surface area contributed by atoms with Crippen LogP contribution in [0.2, 0.25) is 0 Å². The van der Waals surface area contributed by atoms with E-state index in [2.05, 4.69) is 26.1 Å². The molecule has 1 fully saturated rings. The second-order valence-corrected chi connectivity index (χ2v) is 7.65. The largest absolute Gasteiger partial charge is 0.389 e. The minimum absolute atomic E-state index is 0.250. The van der Waals surface area contributed by atoms with Crippen molar-refractivity contribution in [1.29, 1.82) is 0 Å². The highest BCUT2D eigenvalue weighted by Gasteiger charge is 2.33. The summed E-state index contributed by atoms with van der Waals surface area (Å²) in [5.74, 6) is 1.31. The van der Waals surface area contributed by atoms with Gasteiger partial charge in [-0.15, -0.1) is 0 Å². The summed E-state index contributed by atoms with van der Waals surface area (Å²) in [6, 6.07) is 0.262. The van der Waals surface area contributed by atoms with Crippen LogP contribution in [-0.2, 0) is 0 Å². The van der Waals surface area contributed by atoms with Crippen molar-refractivity contribution in [2.24, 2.45) is 17.3 Å². The summed E-state index contributed by atoms with van der Waals surface area (Å²) in [4.78, 5) is 0. The molecular weight excluding hydrogens is 275 g/mol. The van der Waals surface area contributed by atoms with Gasteiger partial charge in [0.25, 0.3) is 0 Å². The van der Waals surface area contributed by atoms with Crippen molar-refractivity contribution in [3.05, 3.63) is 0 Å². The van der Waals surface area contributed by atoms with Crippen molar-refractivity contribution in [2.45, 2.75) is 84.9 Å². The number of alkyl halides is 3. The maximum absolute atomic E-state index is 12.3. The number of nitrogens with one attached hydrogen (secondary N) is 1. The summed E-state index contributed by atoms with van der Waals surface area (Å²) >= 11 is 0. The molecule has 0 amide bonds. The van der Waals surface area contributed by atoms with Crippen LogP contribution in [0, 0.1) is 17.3 Å². The SMILES string of the molecule is CCNC(CCCC(F)(F)F)C1CCC(C(C)(C)C)CC1. The quantitative estimate of drug-likeness (QED) is 0.678. The Morgan fingerprint density at radius 2 is 1.62 bits per heavy atom. The molecule has 1 atom stereocenters. The van der Waals surface area contributed by atoms with Crippen LogP contribution in [-0.4, -0.2) is 18.8 Å². The van der Waals surface area contributed by atoms with Crippen molar-refractivity contribution in [1.82, 2.24) is 5.32 Å². The van der Waals surface area contributed by atoms with Gasteiger partial charge in [-0.25, -0.2) is 0 Å². The lowest BCUT2D eigenvalue weighted by molar-refractivity contribution is -0.136. The molecule has 1 aliphatic rings. The fraction of sp³-hybridized carbons (Fsp3) is 1.00. The predicted molar refractivity (Wildman–Crippen MR) is 82.3 cm³/mol. The molecule has 0 saturated heterocycles. The summed E-state index contributed by atoms with van der Waals surface area (Å²) in [5.41, 5.74) is 0.356. The smallest absolute Gasteiger partial charge is 0.314 e. The molecule has 126 valence electrons. The van der Waals surface area contributed by atoms with Gasteiger partial charge in [-0.05, 0) is 62.3 Å². The molecule has 0 bridgehead atoms. The van der Waals surface area contributed by atoms with E-state index < -0.39 is 12.6 Å². The lowest BCUT2D eigenvalue weighted by atomic mass is 9.68. The molecule has 1 aliphatic carbocycles. The third kappa shape index (κ3) is 7.03. The fourth-order valence-corrected chi connectivity index (χ4v) is 3.68. The monoisotopic (exact) mass is 307 g/mol. The molecule has 1 rings (SSSR count).